The molecule has 0 aliphatic heterocycles. The fourth-order valence-electron chi connectivity index (χ4n) is 1.80. The summed E-state index contributed by atoms with van der Waals surface area (Å²) in [4.78, 5) is 31.6. The smallest absolute Gasteiger partial charge is 0.290 e. The number of hydrazine groups is 1. The highest BCUT2D eigenvalue weighted by molar-refractivity contribution is 7.90. The SMILES string of the molecule is CC(c1nccnc1C(=O)NNC(=O)CCl)N(C)[S+]([O-])C(C)(C)C. The van der Waals surface area contributed by atoms with Gasteiger partial charge in [-0.25, -0.2) is 4.98 Å². The summed E-state index contributed by atoms with van der Waals surface area (Å²) >= 11 is 4.05. The van der Waals surface area contributed by atoms with Crippen LogP contribution < -0.4 is 10.9 Å². The van der Waals surface area contributed by atoms with Crippen LogP contribution in [0.15, 0.2) is 12.4 Å². The van der Waals surface area contributed by atoms with E-state index in [2.05, 4.69) is 20.8 Å². The summed E-state index contributed by atoms with van der Waals surface area (Å²) in [5, 5.41) is 0. The van der Waals surface area contributed by atoms with Crippen LogP contribution in [-0.2, 0) is 16.2 Å². The average Bonchev–Trinajstić information content (AvgIpc) is 2.56. The van der Waals surface area contributed by atoms with E-state index in [0.29, 0.717) is 5.69 Å². The Morgan fingerprint density at radius 2 is 1.92 bits per heavy atom. The number of rotatable bonds is 5. The first-order valence-electron chi connectivity index (χ1n) is 7.20. The molecule has 0 fully saturated rings. The summed E-state index contributed by atoms with van der Waals surface area (Å²) in [6.45, 7) is 7.36. The quantitative estimate of drug-likeness (QED) is 0.450. The molecule has 24 heavy (non-hydrogen) atoms. The van der Waals surface area contributed by atoms with Gasteiger partial charge in [0.1, 0.15) is 10.6 Å². The third kappa shape index (κ3) is 5.30. The maximum atomic E-state index is 12.5. The Balaban J connectivity index is 3.00. The Morgan fingerprint density at radius 3 is 2.46 bits per heavy atom. The second kappa shape index (κ2) is 8.61. The van der Waals surface area contributed by atoms with Crippen LogP contribution in [0, 0.1) is 0 Å². The molecule has 0 radical (unpaired) electrons. The monoisotopic (exact) mass is 375 g/mol. The van der Waals surface area contributed by atoms with Gasteiger partial charge in [0, 0.05) is 30.8 Å². The number of halogens is 1. The van der Waals surface area contributed by atoms with Gasteiger partial charge in [-0.2, -0.15) is 0 Å². The van der Waals surface area contributed by atoms with Crippen LogP contribution in [-0.4, -0.2) is 48.3 Å². The molecule has 1 rings (SSSR count). The van der Waals surface area contributed by atoms with E-state index in [1.165, 1.54) is 12.4 Å². The second-order valence-corrected chi connectivity index (χ2v) is 8.58. The van der Waals surface area contributed by atoms with Gasteiger partial charge in [-0.05, 0) is 27.7 Å². The second-order valence-electron chi connectivity index (χ2n) is 6.01. The summed E-state index contributed by atoms with van der Waals surface area (Å²) in [5.41, 5.74) is 4.78. The topological polar surface area (TPSA) is 110 Å². The molecule has 2 unspecified atom stereocenters. The Bertz CT molecular complexity index is 596. The molecule has 1 aromatic rings. The molecule has 0 aromatic carbocycles. The van der Waals surface area contributed by atoms with Gasteiger partial charge in [0.15, 0.2) is 5.69 Å². The van der Waals surface area contributed by atoms with Crippen molar-refractivity contribution < 1.29 is 14.1 Å². The number of hydrogen-bond donors (Lipinski definition) is 2. The van der Waals surface area contributed by atoms with Gasteiger partial charge in [0.05, 0.1) is 11.7 Å². The maximum absolute atomic E-state index is 12.5. The van der Waals surface area contributed by atoms with Crippen molar-refractivity contribution in [2.75, 3.05) is 12.9 Å². The number of nitrogens with one attached hydrogen (secondary N) is 2. The first-order valence-corrected chi connectivity index (χ1v) is 8.84. The number of carbonyl (C=O) groups is 2. The van der Waals surface area contributed by atoms with Crippen molar-refractivity contribution >= 4 is 34.8 Å². The van der Waals surface area contributed by atoms with Crippen molar-refractivity contribution in [2.24, 2.45) is 0 Å². The normalized spacial score (nSPS) is 14.2. The standard InChI is InChI=1S/C14H22ClN5O3S/c1-9(20(5)24(23)14(2,3)4)11-12(17-7-6-16-11)13(22)19-18-10(21)8-15/h6-7,9H,8H2,1-5H3,(H,18,21)(H,19,22). The van der Waals surface area contributed by atoms with Crippen molar-refractivity contribution in [1.29, 1.82) is 0 Å². The number of carbonyl (C=O) groups excluding carboxylic acids is 2. The van der Waals surface area contributed by atoms with Crippen LogP contribution in [0.3, 0.4) is 0 Å². The van der Waals surface area contributed by atoms with Crippen LogP contribution in [0.4, 0.5) is 0 Å². The third-order valence-electron chi connectivity index (χ3n) is 3.10. The summed E-state index contributed by atoms with van der Waals surface area (Å²) < 4.78 is 13.7. The Labute approximate surface area is 149 Å². The van der Waals surface area contributed by atoms with Crippen LogP contribution >= 0.6 is 11.6 Å². The Hall–Kier alpha value is -1.42. The number of amides is 2. The molecule has 134 valence electrons. The molecular formula is C14H22ClN5O3S. The zero-order chi connectivity index (χ0) is 18.5. The van der Waals surface area contributed by atoms with E-state index in [9.17, 15) is 14.1 Å². The number of nitrogens with zero attached hydrogens (tertiary/aromatic N) is 3. The van der Waals surface area contributed by atoms with Gasteiger partial charge in [-0.1, -0.05) is 0 Å². The molecule has 0 aliphatic rings. The van der Waals surface area contributed by atoms with Crippen molar-refractivity contribution in [3.63, 3.8) is 0 Å². The van der Waals surface area contributed by atoms with E-state index >= 15 is 0 Å². The molecule has 0 saturated carbocycles. The Morgan fingerprint density at radius 1 is 1.33 bits per heavy atom. The lowest BCUT2D eigenvalue weighted by Gasteiger charge is -2.33. The summed E-state index contributed by atoms with van der Waals surface area (Å²) in [7, 11) is 1.69. The predicted octanol–water partition coefficient (Wildman–Crippen LogP) is 0.931. The van der Waals surface area contributed by atoms with E-state index < -0.39 is 34.0 Å². The van der Waals surface area contributed by atoms with Gasteiger partial charge in [0.2, 0.25) is 0 Å². The molecule has 0 saturated heterocycles. The lowest BCUT2D eigenvalue weighted by Crippen LogP contribution is -2.44. The minimum atomic E-state index is -1.30. The van der Waals surface area contributed by atoms with E-state index in [1.807, 2.05) is 20.8 Å². The highest BCUT2D eigenvalue weighted by Gasteiger charge is 2.36. The van der Waals surface area contributed by atoms with Crippen molar-refractivity contribution in [3.8, 4) is 0 Å². The lowest BCUT2D eigenvalue weighted by atomic mass is 10.1. The number of hydrogen-bond acceptors (Lipinski definition) is 6. The molecule has 2 atom stereocenters. The minimum Gasteiger partial charge on any atom is -0.597 e. The fraction of sp³-hybridized carbons (Fsp3) is 0.571. The molecule has 10 heteroatoms. The molecule has 1 aromatic heterocycles. The first kappa shape index (κ1) is 20.6. The van der Waals surface area contributed by atoms with Gasteiger partial charge < -0.3 is 4.55 Å². The van der Waals surface area contributed by atoms with Crippen LogP contribution in [0.2, 0.25) is 0 Å². The van der Waals surface area contributed by atoms with E-state index in [1.54, 1.807) is 18.3 Å². The fourth-order valence-corrected chi connectivity index (χ4v) is 3.11. The van der Waals surface area contributed by atoms with Crippen LogP contribution in [0.1, 0.15) is 49.9 Å². The van der Waals surface area contributed by atoms with E-state index in [4.69, 9.17) is 11.6 Å². The largest absolute Gasteiger partial charge is 0.597 e. The van der Waals surface area contributed by atoms with Gasteiger partial charge >= 0.3 is 0 Å². The van der Waals surface area contributed by atoms with Crippen LogP contribution in [0.25, 0.3) is 0 Å². The van der Waals surface area contributed by atoms with Crippen molar-refractivity contribution in [2.45, 2.75) is 38.5 Å². The summed E-state index contributed by atoms with van der Waals surface area (Å²) in [6.07, 6.45) is 2.82. The highest BCUT2D eigenvalue weighted by Crippen LogP contribution is 2.28. The van der Waals surface area contributed by atoms with Gasteiger partial charge in [0.25, 0.3) is 11.8 Å². The predicted molar refractivity (Wildman–Crippen MR) is 92.4 cm³/mol. The van der Waals surface area contributed by atoms with Gasteiger partial charge in [-0.3, -0.25) is 25.4 Å². The summed E-state index contributed by atoms with van der Waals surface area (Å²) in [6, 6.07) is -0.428. The average molecular weight is 376 g/mol. The molecule has 0 bridgehead atoms. The third-order valence-corrected chi connectivity index (χ3v) is 5.23. The van der Waals surface area contributed by atoms with E-state index in [-0.39, 0.29) is 11.6 Å². The van der Waals surface area contributed by atoms with E-state index in [0.717, 1.165) is 0 Å². The molecular weight excluding hydrogens is 354 g/mol. The molecule has 0 spiro atoms. The lowest BCUT2D eigenvalue weighted by molar-refractivity contribution is -0.119. The number of aromatic nitrogens is 2. The molecule has 2 N–H and O–H groups in total. The number of alkyl halides is 1. The molecule has 0 aliphatic carbocycles. The summed E-state index contributed by atoms with van der Waals surface area (Å²) in [5.74, 6) is -1.45. The molecule has 1 heterocycles. The van der Waals surface area contributed by atoms with Crippen molar-refractivity contribution in [3.05, 3.63) is 23.8 Å². The van der Waals surface area contributed by atoms with Gasteiger partial charge in [-0.15, -0.1) is 15.9 Å². The zero-order valence-corrected chi connectivity index (χ0v) is 15.9. The van der Waals surface area contributed by atoms with Crippen molar-refractivity contribution in [1.82, 2.24) is 25.1 Å². The Kier molecular flexibility index (Phi) is 7.40. The minimum absolute atomic E-state index is 0.0395. The van der Waals surface area contributed by atoms with Crippen LogP contribution in [0.5, 0.6) is 0 Å². The highest BCUT2D eigenvalue weighted by atomic mass is 35.5. The maximum Gasteiger partial charge on any atom is 0.290 e. The molecule has 2 amide bonds. The molecule has 8 nitrogen and oxygen atoms in total. The first-order chi connectivity index (χ1) is 11.1. The zero-order valence-electron chi connectivity index (χ0n) is 14.3.